The van der Waals surface area contributed by atoms with Crippen molar-refractivity contribution >= 4 is 35.4 Å². The minimum absolute atomic E-state index is 0.586. The van der Waals surface area contributed by atoms with Crippen molar-refractivity contribution in [3.05, 3.63) is 46.8 Å². The van der Waals surface area contributed by atoms with E-state index in [0.717, 1.165) is 33.7 Å². The monoisotopic (exact) mass is 286 g/mol. The number of hydrogen-bond donors (Lipinski definition) is 2. The van der Waals surface area contributed by atoms with E-state index in [1.807, 2.05) is 44.4 Å². The number of H-pyrrole nitrogens is 1. The third kappa shape index (κ3) is 2.96. The van der Waals surface area contributed by atoms with Crippen LogP contribution in [-0.2, 0) is 4.79 Å². The summed E-state index contributed by atoms with van der Waals surface area (Å²) < 4.78 is 0. The van der Waals surface area contributed by atoms with Crippen molar-refractivity contribution in [1.82, 2.24) is 4.98 Å². The van der Waals surface area contributed by atoms with Crippen LogP contribution in [0.4, 0.5) is 5.69 Å². The molecule has 3 nitrogen and oxygen atoms in total. The molecule has 104 valence electrons. The Balaban J connectivity index is 2.52. The quantitative estimate of drug-likeness (QED) is 0.390. The molecule has 2 aromatic rings. The number of nitrogen functional groups attached to an aromatic ring is 1. The number of hydrogen-bond acceptors (Lipinski definition) is 3. The second-order valence-electron chi connectivity index (χ2n) is 4.72. The van der Waals surface area contributed by atoms with Gasteiger partial charge in [0.1, 0.15) is 0 Å². The normalized spacial score (nSPS) is 11.7. The van der Waals surface area contributed by atoms with Crippen molar-refractivity contribution in [3.8, 4) is 0 Å². The number of allylic oxidation sites excluding steroid dienone is 1. The van der Waals surface area contributed by atoms with E-state index in [0.29, 0.717) is 11.3 Å². The standard InChI is InChI=1S/C16H18N2OS/c1-10-6-11(2)18-16(10)7-12(9-19)14-8-13(20-3)4-5-15(14)17/h4-9,18H,17H2,1-3H3/b12-7+. The number of rotatable bonds is 4. The summed E-state index contributed by atoms with van der Waals surface area (Å²) >= 11 is 1.63. The molecule has 0 spiro atoms. The fraction of sp³-hybridized carbons (Fsp3) is 0.188. The van der Waals surface area contributed by atoms with Crippen molar-refractivity contribution < 1.29 is 4.79 Å². The molecular formula is C16H18N2OS. The van der Waals surface area contributed by atoms with E-state index < -0.39 is 0 Å². The summed E-state index contributed by atoms with van der Waals surface area (Å²) in [6, 6.07) is 7.79. The predicted octanol–water partition coefficient (Wildman–Crippen LogP) is 3.68. The molecule has 0 saturated carbocycles. The molecule has 0 fully saturated rings. The number of aromatic amines is 1. The number of anilines is 1. The van der Waals surface area contributed by atoms with Gasteiger partial charge in [0, 0.05) is 33.1 Å². The van der Waals surface area contributed by atoms with Gasteiger partial charge in [-0.3, -0.25) is 4.79 Å². The number of carbonyl (C=O) groups is 1. The number of benzene rings is 1. The molecule has 3 N–H and O–H groups in total. The lowest BCUT2D eigenvalue weighted by atomic mass is 10.0. The predicted molar refractivity (Wildman–Crippen MR) is 86.8 cm³/mol. The number of aryl methyl sites for hydroxylation is 2. The van der Waals surface area contributed by atoms with Crippen LogP contribution in [-0.4, -0.2) is 17.5 Å². The van der Waals surface area contributed by atoms with Gasteiger partial charge < -0.3 is 10.7 Å². The lowest BCUT2D eigenvalue weighted by Gasteiger charge is -2.07. The number of aldehydes is 1. The highest BCUT2D eigenvalue weighted by Gasteiger charge is 2.08. The van der Waals surface area contributed by atoms with Gasteiger partial charge in [0.2, 0.25) is 0 Å². The Morgan fingerprint density at radius 1 is 1.30 bits per heavy atom. The molecule has 1 aromatic heterocycles. The number of aromatic nitrogens is 1. The molecule has 0 radical (unpaired) electrons. The molecule has 2 rings (SSSR count). The molecule has 0 aliphatic heterocycles. The van der Waals surface area contributed by atoms with Gasteiger partial charge in [0.25, 0.3) is 0 Å². The van der Waals surface area contributed by atoms with Gasteiger partial charge >= 0.3 is 0 Å². The molecule has 0 bridgehead atoms. The fourth-order valence-corrected chi connectivity index (χ4v) is 2.58. The molecular weight excluding hydrogens is 268 g/mol. The van der Waals surface area contributed by atoms with Crippen molar-refractivity contribution in [2.24, 2.45) is 0 Å². The highest BCUT2D eigenvalue weighted by Crippen LogP contribution is 2.27. The third-order valence-electron chi connectivity index (χ3n) is 3.19. The lowest BCUT2D eigenvalue weighted by molar-refractivity contribution is -0.103. The van der Waals surface area contributed by atoms with E-state index in [1.165, 1.54) is 0 Å². The van der Waals surface area contributed by atoms with Gasteiger partial charge in [-0.1, -0.05) is 0 Å². The molecule has 0 saturated heterocycles. The summed E-state index contributed by atoms with van der Waals surface area (Å²) in [4.78, 5) is 15.8. The Morgan fingerprint density at radius 3 is 2.60 bits per heavy atom. The minimum atomic E-state index is 0.586. The third-order valence-corrected chi connectivity index (χ3v) is 3.91. The molecule has 0 atom stereocenters. The van der Waals surface area contributed by atoms with Crippen LogP contribution in [0.2, 0.25) is 0 Å². The van der Waals surface area contributed by atoms with E-state index in [-0.39, 0.29) is 0 Å². The van der Waals surface area contributed by atoms with Gasteiger partial charge in [-0.2, -0.15) is 0 Å². The Labute approximate surface area is 123 Å². The maximum atomic E-state index is 11.4. The largest absolute Gasteiger partial charge is 0.398 e. The van der Waals surface area contributed by atoms with Crippen molar-refractivity contribution in [2.75, 3.05) is 12.0 Å². The smallest absolute Gasteiger partial charge is 0.150 e. The van der Waals surface area contributed by atoms with Crippen LogP contribution in [0.3, 0.4) is 0 Å². The van der Waals surface area contributed by atoms with Crippen LogP contribution in [0.1, 0.15) is 22.5 Å². The number of nitrogens with two attached hydrogens (primary N) is 1. The van der Waals surface area contributed by atoms with Crippen molar-refractivity contribution in [1.29, 1.82) is 0 Å². The van der Waals surface area contributed by atoms with E-state index in [1.54, 1.807) is 11.8 Å². The first-order valence-electron chi connectivity index (χ1n) is 6.32. The molecule has 1 aromatic carbocycles. The molecule has 1 heterocycles. The average molecular weight is 286 g/mol. The van der Waals surface area contributed by atoms with Crippen LogP contribution in [0.25, 0.3) is 11.6 Å². The van der Waals surface area contributed by atoms with E-state index in [2.05, 4.69) is 11.1 Å². The highest BCUT2D eigenvalue weighted by atomic mass is 32.2. The molecule has 0 unspecified atom stereocenters. The Hall–Kier alpha value is -1.94. The Bertz CT molecular complexity index is 671. The summed E-state index contributed by atoms with van der Waals surface area (Å²) in [6.45, 7) is 4.01. The second-order valence-corrected chi connectivity index (χ2v) is 5.60. The molecule has 0 aliphatic rings. The molecule has 20 heavy (non-hydrogen) atoms. The van der Waals surface area contributed by atoms with Crippen LogP contribution < -0.4 is 5.73 Å². The van der Waals surface area contributed by atoms with E-state index >= 15 is 0 Å². The Kier molecular flexibility index (Phi) is 4.35. The van der Waals surface area contributed by atoms with Crippen LogP contribution in [0.15, 0.2) is 29.2 Å². The SMILES string of the molecule is CSc1ccc(N)c(/C(C=O)=C/c2[nH]c(C)cc2C)c1. The fourth-order valence-electron chi connectivity index (χ4n) is 2.14. The summed E-state index contributed by atoms with van der Waals surface area (Å²) in [5, 5.41) is 0. The maximum Gasteiger partial charge on any atom is 0.150 e. The van der Waals surface area contributed by atoms with Crippen LogP contribution in [0.5, 0.6) is 0 Å². The molecule has 4 heteroatoms. The summed E-state index contributed by atoms with van der Waals surface area (Å²) in [7, 11) is 0. The average Bonchev–Trinajstić information content (AvgIpc) is 2.75. The zero-order valence-corrected chi connectivity index (χ0v) is 12.7. The summed E-state index contributed by atoms with van der Waals surface area (Å²) in [5.41, 5.74) is 11.1. The van der Waals surface area contributed by atoms with Crippen LogP contribution in [0, 0.1) is 13.8 Å². The minimum Gasteiger partial charge on any atom is -0.398 e. The summed E-state index contributed by atoms with van der Waals surface area (Å²) in [6.07, 6.45) is 4.70. The van der Waals surface area contributed by atoms with Crippen molar-refractivity contribution in [3.63, 3.8) is 0 Å². The zero-order chi connectivity index (χ0) is 14.7. The van der Waals surface area contributed by atoms with Gasteiger partial charge in [-0.25, -0.2) is 0 Å². The number of nitrogens with one attached hydrogen (secondary N) is 1. The van der Waals surface area contributed by atoms with Gasteiger partial charge in [-0.15, -0.1) is 11.8 Å². The Morgan fingerprint density at radius 2 is 2.05 bits per heavy atom. The van der Waals surface area contributed by atoms with E-state index in [9.17, 15) is 4.79 Å². The first-order valence-corrected chi connectivity index (χ1v) is 7.54. The lowest BCUT2D eigenvalue weighted by Crippen LogP contribution is -1.95. The number of carbonyl (C=O) groups excluding carboxylic acids is 1. The van der Waals surface area contributed by atoms with E-state index in [4.69, 9.17) is 5.73 Å². The van der Waals surface area contributed by atoms with Gasteiger partial charge in [0.15, 0.2) is 6.29 Å². The topological polar surface area (TPSA) is 58.9 Å². The summed E-state index contributed by atoms with van der Waals surface area (Å²) in [5.74, 6) is 0. The number of thioether (sulfide) groups is 1. The van der Waals surface area contributed by atoms with Crippen LogP contribution >= 0.6 is 11.8 Å². The molecule has 0 aliphatic carbocycles. The zero-order valence-electron chi connectivity index (χ0n) is 11.9. The first-order chi connectivity index (χ1) is 9.55. The van der Waals surface area contributed by atoms with Gasteiger partial charge in [0.05, 0.1) is 0 Å². The maximum absolute atomic E-state index is 11.4. The molecule has 0 amide bonds. The second kappa shape index (κ2) is 6.01. The first kappa shape index (κ1) is 14.5. The van der Waals surface area contributed by atoms with Gasteiger partial charge in [-0.05, 0) is 56.0 Å². The highest BCUT2D eigenvalue weighted by molar-refractivity contribution is 7.98. The van der Waals surface area contributed by atoms with Crippen molar-refractivity contribution in [2.45, 2.75) is 18.7 Å².